The summed E-state index contributed by atoms with van der Waals surface area (Å²) in [6, 6.07) is 0. The molecule has 0 saturated heterocycles. The summed E-state index contributed by atoms with van der Waals surface area (Å²) < 4.78 is 1.27. The van der Waals surface area contributed by atoms with Crippen LogP contribution in [0.1, 0.15) is 34.1 Å². The Balaban J connectivity index is 3.58. The molecule has 0 aliphatic heterocycles. The molecule has 0 radical (unpaired) electrons. The molecule has 0 heterocycles. The maximum absolute atomic E-state index is 2.46. The van der Waals surface area contributed by atoms with Gasteiger partial charge in [0.15, 0.2) is 0 Å². The van der Waals surface area contributed by atoms with E-state index in [4.69, 9.17) is 0 Å². The van der Waals surface area contributed by atoms with Gasteiger partial charge in [0.05, 0.1) is 0 Å². The molecule has 9 heavy (non-hydrogen) atoms. The third kappa shape index (κ3) is 5.19. The van der Waals surface area contributed by atoms with Gasteiger partial charge in [-0.1, -0.05) is 50.3 Å². The van der Waals surface area contributed by atoms with Crippen LogP contribution in [0.15, 0.2) is 0 Å². The number of hydrogen-bond acceptors (Lipinski definition) is 0. The summed E-state index contributed by atoms with van der Waals surface area (Å²) in [5.74, 6) is 0.842. The molecule has 56 valence electrons. The molecule has 0 spiro atoms. The van der Waals surface area contributed by atoms with Crippen LogP contribution >= 0.6 is 22.6 Å². The number of rotatable bonds is 3. The Morgan fingerprint density at radius 3 is 1.89 bits per heavy atom. The van der Waals surface area contributed by atoms with E-state index in [1.54, 1.807) is 0 Å². The normalized spacial score (nSPS) is 12.7. The molecule has 0 unspecified atom stereocenters. The zero-order chi connectivity index (χ0) is 7.49. The van der Waals surface area contributed by atoms with E-state index in [1.165, 1.54) is 10.8 Å². The van der Waals surface area contributed by atoms with E-state index in [-0.39, 0.29) is 0 Å². The summed E-state index contributed by atoms with van der Waals surface area (Å²) in [7, 11) is 0. The van der Waals surface area contributed by atoms with Crippen molar-refractivity contribution in [3.8, 4) is 0 Å². The van der Waals surface area contributed by atoms with E-state index in [1.807, 2.05) is 0 Å². The molecular weight excluding hydrogens is 223 g/mol. The Labute approximate surface area is 72.6 Å². The van der Waals surface area contributed by atoms with E-state index in [9.17, 15) is 0 Å². The number of halogens is 1. The highest BCUT2D eigenvalue weighted by Crippen LogP contribution is 2.26. The first kappa shape index (κ1) is 9.73. The van der Waals surface area contributed by atoms with E-state index >= 15 is 0 Å². The van der Waals surface area contributed by atoms with Crippen LogP contribution in [0.4, 0.5) is 0 Å². The van der Waals surface area contributed by atoms with Gasteiger partial charge in [0, 0.05) is 4.43 Å². The highest BCUT2D eigenvalue weighted by molar-refractivity contribution is 14.1. The Bertz CT molecular complexity index is 74.6. The maximum atomic E-state index is 2.46. The van der Waals surface area contributed by atoms with Gasteiger partial charge in [0.25, 0.3) is 0 Å². The SMILES string of the molecule is CC(C)CC(C)(C)CI. The maximum Gasteiger partial charge on any atom is 0.00468 e. The summed E-state index contributed by atoms with van der Waals surface area (Å²) in [6.07, 6.45) is 1.34. The Morgan fingerprint density at radius 1 is 1.33 bits per heavy atom. The van der Waals surface area contributed by atoms with Crippen LogP contribution in [-0.2, 0) is 0 Å². The van der Waals surface area contributed by atoms with Crippen LogP contribution in [0.25, 0.3) is 0 Å². The van der Waals surface area contributed by atoms with Crippen LogP contribution < -0.4 is 0 Å². The van der Waals surface area contributed by atoms with Crippen molar-refractivity contribution in [1.29, 1.82) is 0 Å². The largest absolute Gasteiger partial charge is 0.0858 e. The highest BCUT2D eigenvalue weighted by atomic mass is 127. The smallest absolute Gasteiger partial charge is 0.00468 e. The molecule has 0 atom stereocenters. The quantitative estimate of drug-likeness (QED) is 0.523. The molecule has 0 aromatic carbocycles. The Morgan fingerprint density at radius 2 is 1.78 bits per heavy atom. The topological polar surface area (TPSA) is 0 Å². The third-order valence-corrected chi connectivity index (χ3v) is 3.39. The van der Waals surface area contributed by atoms with Crippen molar-refractivity contribution in [1.82, 2.24) is 0 Å². The fourth-order valence-electron chi connectivity index (χ4n) is 1.16. The van der Waals surface area contributed by atoms with Gasteiger partial charge < -0.3 is 0 Å². The predicted octanol–water partition coefficient (Wildman–Crippen LogP) is 3.49. The van der Waals surface area contributed by atoms with Gasteiger partial charge >= 0.3 is 0 Å². The first-order chi connectivity index (χ1) is 3.98. The van der Waals surface area contributed by atoms with Crippen molar-refractivity contribution < 1.29 is 0 Å². The van der Waals surface area contributed by atoms with Crippen molar-refractivity contribution in [3.05, 3.63) is 0 Å². The van der Waals surface area contributed by atoms with Crippen molar-refractivity contribution in [2.45, 2.75) is 34.1 Å². The standard InChI is InChI=1S/C8H17I/c1-7(2)5-8(3,4)6-9/h7H,5-6H2,1-4H3. The zero-order valence-corrected chi connectivity index (χ0v) is 9.03. The Hall–Kier alpha value is 0.730. The van der Waals surface area contributed by atoms with Gasteiger partial charge in [-0.15, -0.1) is 0 Å². The zero-order valence-electron chi connectivity index (χ0n) is 6.87. The summed E-state index contributed by atoms with van der Waals surface area (Å²) in [5.41, 5.74) is 0.550. The predicted molar refractivity (Wildman–Crippen MR) is 52.1 cm³/mol. The lowest BCUT2D eigenvalue weighted by molar-refractivity contribution is 0.333. The molecule has 0 aliphatic rings. The van der Waals surface area contributed by atoms with Crippen molar-refractivity contribution in [2.75, 3.05) is 4.43 Å². The lowest BCUT2D eigenvalue weighted by Crippen LogP contribution is -2.15. The molecular formula is C8H17I. The van der Waals surface area contributed by atoms with Crippen LogP contribution in [0.2, 0.25) is 0 Å². The second-order valence-electron chi connectivity index (χ2n) is 3.90. The number of alkyl halides is 1. The summed E-state index contributed by atoms with van der Waals surface area (Å²) in [5, 5.41) is 0. The average Bonchev–Trinajstić information content (AvgIpc) is 1.63. The molecule has 0 aromatic heterocycles. The monoisotopic (exact) mass is 240 g/mol. The average molecular weight is 240 g/mol. The van der Waals surface area contributed by atoms with E-state index < -0.39 is 0 Å². The van der Waals surface area contributed by atoms with E-state index in [0.717, 1.165) is 5.92 Å². The fourth-order valence-corrected chi connectivity index (χ4v) is 1.47. The molecule has 0 fully saturated rings. The Kier molecular flexibility index (Phi) is 4.10. The molecule has 0 N–H and O–H groups in total. The third-order valence-electron chi connectivity index (χ3n) is 1.32. The molecule has 0 amide bonds. The molecule has 0 aromatic rings. The number of hydrogen-bond donors (Lipinski definition) is 0. The fraction of sp³-hybridized carbons (Fsp3) is 1.00. The van der Waals surface area contributed by atoms with Gasteiger partial charge in [-0.25, -0.2) is 0 Å². The first-order valence-corrected chi connectivity index (χ1v) is 5.06. The molecule has 0 nitrogen and oxygen atoms in total. The lowest BCUT2D eigenvalue weighted by atomic mass is 9.86. The highest BCUT2D eigenvalue weighted by Gasteiger charge is 2.16. The van der Waals surface area contributed by atoms with Crippen LogP contribution in [0, 0.1) is 11.3 Å². The van der Waals surface area contributed by atoms with Gasteiger partial charge in [0.1, 0.15) is 0 Å². The van der Waals surface area contributed by atoms with Crippen molar-refractivity contribution >= 4 is 22.6 Å². The van der Waals surface area contributed by atoms with Gasteiger partial charge in [-0.3, -0.25) is 0 Å². The second-order valence-corrected chi connectivity index (χ2v) is 4.66. The summed E-state index contributed by atoms with van der Waals surface area (Å²) >= 11 is 2.46. The lowest BCUT2D eigenvalue weighted by Gasteiger charge is -2.23. The minimum Gasteiger partial charge on any atom is -0.0858 e. The van der Waals surface area contributed by atoms with Gasteiger partial charge in [-0.2, -0.15) is 0 Å². The van der Waals surface area contributed by atoms with Gasteiger partial charge in [0.2, 0.25) is 0 Å². The minimum atomic E-state index is 0.550. The summed E-state index contributed by atoms with van der Waals surface area (Å²) in [6.45, 7) is 9.24. The molecule has 0 bridgehead atoms. The molecule has 1 heteroatoms. The first-order valence-electron chi connectivity index (χ1n) is 3.54. The molecule has 0 aliphatic carbocycles. The second kappa shape index (κ2) is 3.79. The molecule has 0 rings (SSSR count). The van der Waals surface area contributed by atoms with Crippen molar-refractivity contribution in [3.63, 3.8) is 0 Å². The molecule has 0 saturated carbocycles. The van der Waals surface area contributed by atoms with Gasteiger partial charge in [-0.05, 0) is 17.8 Å². The van der Waals surface area contributed by atoms with E-state index in [0.29, 0.717) is 5.41 Å². The summed E-state index contributed by atoms with van der Waals surface area (Å²) in [4.78, 5) is 0. The van der Waals surface area contributed by atoms with Crippen LogP contribution in [0.3, 0.4) is 0 Å². The van der Waals surface area contributed by atoms with Crippen LogP contribution in [-0.4, -0.2) is 4.43 Å². The van der Waals surface area contributed by atoms with Crippen LogP contribution in [0.5, 0.6) is 0 Å². The minimum absolute atomic E-state index is 0.550. The van der Waals surface area contributed by atoms with E-state index in [2.05, 4.69) is 50.3 Å². The van der Waals surface area contributed by atoms with Crippen molar-refractivity contribution in [2.24, 2.45) is 11.3 Å².